The molecule has 4 nitrogen and oxygen atoms in total. The Kier molecular flexibility index (Phi) is 6.47. The van der Waals surface area contributed by atoms with Gasteiger partial charge in [-0.3, -0.25) is 4.79 Å². The van der Waals surface area contributed by atoms with Gasteiger partial charge in [-0.2, -0.15) is 0 Å². The number of halogens is 1. The Morgan fingerprint density at radius 3 is 2.82 bits per heavy atom. The van der Waals surface area contributed by atoms with Crippen LogP contribution >= 0.6 is 15.9 Å². The summed E-state index contributed by atoms with van der Waals surface area (Å²) >= 11 is 3.38. The lowest BCUT2D eigenvalue weighted by Gasteiger charge is -2.08. The molecule has 0 N–H and O–H groups in total. The molecule has 0 radical (unpaired) electrons. The first kappa shape index (κ1) is 14.4. The number of rotatable bonds is 7. The standard InChI is InChI=1S/C12H18BrNO3/c1-10-8-11(13)9-14(12(10)15)4-3-5-17-7-6-16-2/h8-9H,3-7H2,1-2H3. The molecule has 1 aromatic heterocycles. The van der Waals surface area contributed by atoms with Gasteiger partial charge in [0.25, 0.3) is 5.56 Å². The Morgan fingerprint density at radius 1 is 1.35 bits per heavy atom. The van der Waals surface area contributed by atoms with E-state index in [-0.39, 0.29) is 5.56 Å². The molecule has 0 unspecified atom stereocenters. The van der Waals surface area contributed by atoms with E-state index < -0.39 is 0 Å². The number of aryl methyl sites for hydroxylation is 2. The second kappa shape index (κ2) is 7.63. The van der Waals surface area contributed by atoms with Crippen LogP contribution in [0.1, 0.15) is 12.0 Å². The molecule has 0 atom stereocenters. The molecule has 1 heterocycles. The van der Waals surface area contributed by atoms with Crippen molar-refractivity contribution in [3.05, 3.63) is 32.7 Å². The van der Waals surface area contributed by atoms with Gasteiger partial charge in [0.05, 0.1) is 13.2 Å². The predicted molar refractivity (Wildman–Crippen MR) is 70.5 cm³/mol. The normalized spacial score (nSPS) is 10.8. The maximum atomic E-state index is 11.8. The van der Waals surface area contributed by atoms with Crippen LogP contribution in [0.5, 0.6) is 0 Å². The summed E-state index contributed by atoms with van der Waals surface area (Å²) in [6.07, 6.45) is 2.63. The van der Waals surface area contributed by atoms with Crippen molar-refractivity contribution in [1.29, 1.82) is 0 Å². The highest BCUT2D eigenvalue weighted by Gasteiger charge is 2.01. The fourth-order valence-electron chi connectivity index (χ4n) is 1.49. The number of ether oxygens (including phenoxy) is 2. The van der Waals surface area contributed by atoms with Gasteiger partial charge in [0.2, 0.25) is 0 Å². The van der Waals surface area contributed by atoms with Crippen LogP contribution in [0.25, 0.3) is 0 Å². The highest BCUT2D eigenvalue weighted by molar-refractivity contribution is 9.10. The number of pyridine rings is 1. The molecule has 0 bridgehead atoms. The van der Waals surface area contributed by atoms with Crippen molar-refractivity contribution < 1.29 is 9.47 Å². The summed E-state index contributed by atoms with van der Waals surface area (Å²) in [5.41, 5.74) is 0.810. The van der Waals surface area contributed by atoms with Crippen molar-refractivity contribution in [3.8, 4) is 0 Å². The van der Waals surface area contributed by atoms with Crippen molar-refractivity contribution in [3.63, 3.8) is 0 Å². The molecule has 0 fully saturated rings. The summed E-state index contributed by atoms with van der Waals surface area (Å²) in [6.45, 7) is 4.34. The van der Waals surface area contributed by atoms with Crippen LogP contribution in [0.3, 0.4) is 0 Å². The molecule has 0 spiro atoms. The van der Waals surface area contributed by atoms with E-state index in [9.17, 15) is 4.79 Å². The van der Waals surface area contributed by atoms with Gasteiger partial charge in [-0.25, -0.2) is 0 Å². The van der Waals surface area contributed by atoms with Gasteiger partial charge in [-0.1, -0.05) is 0 Å². The first-order valence-corrected chi connectivity index (χ1v) is 6.37. The maximum absolute atomic E-state index is 11.8. The molecule has 0 saturated carbocycles. The van der Waals surface area contributed by atoms with Gasteiger partial charge < -0.3 is 14.0 Å². The number of hydrogen-bond donors (Lipinski definition) is 0. The lowest BCUT2D eigenvalue weighted by molar-refractivity contribution is 0.0679. The average Bonchev–Trinajstić information content (AvgIpc) is 2.29. The summed E-state index contributed by atoms with van der Waals surface area (Å²) < 4.78 is 12.8. The average molecular weight is 304 g/mol. The highest BCUT2D eigenvalue weighted by atomic mass is 79.9. The first-order valence-electron chi connectivity index (χ1n) is 5.58. The van der Waals surface area contributed by atoms with Gasteiger partial charge >= 0.3 is 0 Å². The third-order valence-electron chi connectivity index (χ3n) is 2.35. The van der Waals surface area contributed by atoms with Crippen molar-refractivity contribution >= 4 is 15.9 Å². The van der Waals surface area contributed by atoms with Crippen LogP contribution in [0, 0.1) is 6.92 Å². The lowest BCUT2D eigenvalue weighted by atomic mass is 10.3. The Labute approximate surface area is 110 Å². The summed E-state index contributed by atoms with van der Waals surface area (Å²) in [4.78, 5) is 11.8. The van der Waals surface area contributed by atoms with E-state index in [0.717, 1.165) is 16.5 Å². The van der Waals surface area contributed by atoms with Gasteiger partial charge in [-0.15, -0.1) is 0 Å². The fourth-order valence-corrected chi connectivity index (χ4v) is 2.08. The zero-order valence-corrected chi connectivity index (χ0v) is 11.8. The minimum absolute atomic E-state index is 0.0603. The molecule has 0 aliphatic carbocycles. The largest absolute Gasteiger partial charge is 0.382 e. The van der Waals surface area contributed by atoms with E-state index in [0.29, 0.717) is 26.4 Å². The molecule has 96 valence electrons. The molecule has 0 amide bonds. The summed E-state index contributed by atoms with van der Waals surface area (Å²) in [5.74, 6) is 0. The molecule has 1 aromatic rings. The van der Waals surface area contributed by atoms with E-state index in [4.69, 9.17) is 9.47 Å². The van der Waals surface area contributed by atoms with Crippen LogP contribution in [0.15, 0.2) is 21.5 Å². The third-order valence-corrected chi connectivity index (χ3v) is 2.78. The second-order valence-electron chi connectivity index (χ2n) is 3.80. The topological polar surface area (TPSA) is 40.5 Å². The third kappa shape index (κ3) is 5.02. The minimum atomic E-state index is 0.0603. The van der Waals surface area contributed by atoms with E-state index in [1.165, 1.54) is 0 Å². The molecule has 0 aliphatic heterocycles. The van der Waals surface area contributed by atoms with Crippen molar-refractivity contribution in [2.75, 3.05) is 26.9 Å². The zero-order valence-electron chi connectivity index (χ0n) is 10.2. The minimum Gasteiger partial charge on any atom is -0.382 e. The number of aromatic nitrogens is 1. The SMILES string of the molecule is COCCOCCCn1cc(Br)cc(C)c1=O. The second-order valence-corrected chi connectivity index (χ2v) is 4.71. The monoisotopic (exact) mass is 303 g/mol. The van der Waals surface area contributed by atoms with Crippen molar-refractivity contribution in [2.24, 2.45) is 0 Å². The predicted octanol–water partition coefficient (Wildman–Crippen LogP) is 1.97. The lowest BCUT2D eigenvalue weighted by Crippen LogP contribution is -2.22. The smallest absolute Gasteiger partial charge is 0.253 e. The number of nitrogens with zero attached hydrogens (tertiary/aromatic N) is 1. The molecule has 5 heteroatoms. The van der Waals surface area contributed by atoms with Crippen LogP contribution in [0.4, 0.5) is 0 Å². The molecule has 0 aliphatic rings. The molecule has 0 saturated heterocycles. The fraction of sp³-hybridized carbons (Fsp3) is 0.583. The first-order chi connectivity index (χ1) is 8.15. The molecular weight excluding hydrogens is 286 g/mol. The van der Waals surface area contributed by atoms with E-state index >= 15 is 0 Å². The molecule has 17 heavy (non-hydrogen) atoms. The van der Waals surface area contributed by atoms with E-state index in [1.54, 1.807) is 11.7 Å². The van der Waals surface area contributed by atoms with Gasteiger partial charge in [0.1, 0.15) is 0 Å². The Hall–Kier alpha value is -0.650. The Bertz CT molecular complexity index is 403. The van der Waals surface area contributed by atoms with Crippen LogP contribution in [0.2, 0.25) is 0 Å². The van der Waals surface area contributed by atoms with Crippen molar-refractivity contribution in [2.45, 2.75) is 19.9 Å². The van der Waals surface area contributed by atoms with Crippen LogP contribution < -0.4 is 5.56 Å². The van der Waals surface area contributed by atoms with E-state index in [1.807, 2.05) is 19.2 Å². The summed E-state index contributed by atoms with van der Waals surface area (Å²) in [7, 11) is 1.65. The van der Waals surface area contributed by atoms with Crippen LogP contribution in [-0.2, 0) is 16.0 Å². The summed E-state index contributed by atoms with van der Waals surface area (Å²) in [6, 6.07) is 1.83. The summed E-state index contributed by atoms with van der Waals surface area (Å²) in [5, 5.41) is 0. The number of hydrogen-bond acceptors (Lipinski definition) is 3. The molecular formula is C12H18BrNO3. The molecule has 0 aromatic carbocycles. The van der Waals surface area contributed by atoms with Gasteiger partial charge in [-0.05, 0) is 35.3 Å². The van der Waals surface area contributed by atoms with Crippen molar-refractivity contribution in [1.82, 2.24) is 4.57 Å². The van der Waals surface area contributed by atoms with Gasteiger partial charge in [0, 0.05) is 36.5 Å². The van der Waals surface area contributed by atoms with Gasteiger partial charge in [0.15, 0.2) is 0 Å². The quantitative estimate of drug-likeness (QED) is 0.723. The molecule has 1 rings (SSSR count). The van der Waals surface area contributed by atoms with Crippen LogP contribution in [-0.4, -0.2) is 31.5 Å². The maximum Gasteiger partial charge on any atom is 0.253 e. The highest BCUT2D eigenvalue weighted by Crippen LogP contribution is 2.08. The Morgan fingerprint density at radius 2 is 2.12 bits per heavy atom. The zero-order chi connectivity index (χ0) is 12.7. The van der Waals surface area contributed by atoms with E-state index in [2.05, 4.69) is 15.9 Å². The number of methoxy groups -OCH3 is 1. The Balaban J connectivity index is 2.39.